The van der Waals surface area contributed by atoms with Gasteiger partial charge in [-0.15, -0.1) is 0 Å². The molecule has 1 aromatic carbocycles. The Bertz CT molecular complexity index is 500. The number of rotatable bonds is 5. The molecule has 0 aliphatic carbocycles. The molecule has 1 aliphatic heterocycles. The van der Waals surface area contributed by atoms with Crippen molar-refractivity contribution in [3.8, 4) is 0 Å². The number of benzene rings is 1. The van der Waals surface area contributed by atoms with Gasteiger partial charge in [0.25, 0.3) is 0 Å². The second kappa shape index (κ2) is 6.61. The Morgan fingerprint density at radius 1 is 1.33 bits per heavy atom. The number of nitrogens with zero attached hydrogens (tertiary/aromatic N) is 1. The van der Waals surface area contributed by atoms with Crippen LogP contribution in [0.25, 0.3) is 0 Å². The van der Waals surface area contributed by atoms with Crippen molar-refractivity contribution in [1.82, 2.24) is 4.90 Å². The maximum Gasteiger partial charge on any atom is 0.410 e. The number of esters is 1. The summed E-state index contributed by atoms with van der Waals surface area (Å²) in [5, 5.41) is 0. The van der Waals surface area contributed by atoms with Crippen LogP contribution in [0.3, 0.4) is 0 Å². The van der Waals surface area contributed by atoms with E-state index < -0.39 is 18.1 Å². The summed E-state index contributed by atoms with van der Waals surface area (Å²) in [6.45, 7) is 6.21. The van der Waals surface area contributed by atoms with Crippen molar-refractivity contribution in [1.29, 1.82) is 0 Å². The van der Waals surface area contributed by atoms with Crippen molar-refractivity contribution in [2.45, 2.75) is 39.5 Å². The van der Waals surface area contributed by atoms with Gasteiger partial charge in [-0.05, 0) is 18.4 Å². The summed E-state index contributed by atoms with van der Waals surface area (Å²) in [5.41, 5.74) is 0.919. The number of cyclic esters (lactones) is 1. The zero-order chi connectivity index (χ0) is 15.4. The van der Waals surface area contributed by atoms with Gasteiger partial charge in [0.05, 0.1) is 6.04 Å². The summed E-state index contributed by atoms with van der Waals surface area (Å²) in [7, 11) is 0. The highest BCUT2D eigenvalue weighted by molar-refractivity contribution is 5.82. The Hall–Kier alpha value is -2.04. The SMILES string of the molecule is CC(C)[C@@H]1COC(=O)N1C(C)C(=O)OCc1ccccc1. The fraction of sp³-hybridized carbons (Fsp3) is 0.500. The van der Waals surface area contributed by atoms with E-state index in [2.05, 4.69) is 0 Å². The molecule has 21 heavy (non-hydrogen) atoms. The summed E-state index contributed by atoms with van der Waals surface area (Å²) in [6, 6.07) is 8.73. The fourth-order valence-electron chi connectivity index (χ4n) is 2.37. The lowest BCUT2D eigenvalue weighted by molar-refractivity contribution is -0.150. The van der Waals surface area contributed by atoms with Crippen molar-refractivity contribution in [3.63, 3.8) is 0 Å². The van der Waals surface area contributed by atoms with Gasteiger partial charge in [-0.2, -0.15) is 0 Å². The summed E-state index contributed by atoms with van der Waals surface area (Å²) in [6.07, 6.45) is -0.446. The minimum absolute atomic E-state index is 0.0863. The first-order chi connectivity index (χ1) is 10.0. The van der Waals surface area contributed by atoms with E-state index in [1.54, 1.807) is 6.92 Å². The second-order valence-corrected chi connectivity index (χ2v) is 5.56. The Morgan fingerprint density at radius 3 is 2.62 bits per heavy atom. The molecule has 1 aromatic rings. The van der Waals surface area contributed by atoms with Gasteiger partial charge in [0.2, 0.25) is 0 Å². The topological polar surface area (TPSA) is 55.8 Å². The van der Waals surface area contributed by atoms with E-state index in [0.29, 0.717) is 6.61 Å². The molecule has 1 unspecified atom stereocenters. The average molecular weight is 291 g/mol. The van der Waals surface area contributed by atoms with Crippen molar-refractivity contribution in [2.75, 3.05) is 6.61 Å². The maximum atomic E-state index is 12.1. The molecule has 0 saturated carbocycles. The maximum absolute atomic E-state index is 12.1. The Balaban J connectivity index is 1.96. The van der Waals surface area contributed by atoms with E-state index in [4.69, 9.17) is 9.47 Å². The van der Waals surface area contributed by atoms with Crippen LogP contribution in [0.5, 0.6) is 0 Å². The first-order valence-electron chi connectivity index (χ1n) is 7.16. The molecule has 114 valence electrons. The highest BCUT2D eigenvalue weighted by Gasteiger charge is 2.41. The van der Waals surface area contributed by atoms with Crippen molar-refractivity contribution < 1.29 is 19.1 Å². The third-order valence-electron chi connectivity index (χ3n) is 3.70. The Kier molecular flexibility index (Phi) is 4.83. The van der Waals surface area contributed by atoms with E-state index in [9.17, 15) is 9.59 Å². The molecular weight excluding hydrogens is 270 g/mol. The summed E-state index contributed by atoms with van der Waals surface area (Å²) < 4.78 is 10.3. The molecule has 1 fully saturated rings. The first-order valence-corrected chi connectivity index (χ1v) is 7.16. The summed E-state index contributed by atoms with van der Waals surface area (Å²) in [5.74, 6) is -0.191. The Morgan fingerprint density at radius 2 is 2.00 bits per heavy atom. The lowest BCUT2D eigenvalue weighted by atomic mass is 10.0. The number of hydrogen-bond donors (Lipinski definition) is 0. The zero-order valence-corrected chi connectivity index (χ0v) is 12.6. The van der Waals surface area contributed by atoms with Gasteiger partial charge in [0.15, 0.2) is 0 Å². The van der Waals surface area contributed by atoms with E-state index >= 15 is 0 Å². The molecule has 0 bridgehead atoms. The van der Waals surface area contributed by atoms with Gasteiger partial charge < -0.3 is 9.47 Å². The number of amides is 1. The monoisotopic (exact) mass is 291 g/mol. The lowest BCUT2D eigenvalue weighted by Gasteiger charge is -2.28. The predicted molar refractivity (Wildman–Crippen MR) is 77.5 cm³/mol. The quantitative estimate of drug-likeness (QED) is 0.782. The number of hydrogen-bond acceptors (Lipinski definition) is 4. The summed E-state index contributed by atoms with van der Waals surface area (Å²) in [4.78, 5) is 25.4. The number of carbonyl (C=O) groups is 2. The smallest absolute Gasteiger partial charge is 0.410 e. The summed E-state index contributed by atoms with van der Waals surface area (Å²) >= 11 is 0. The van der Waals surface area contributed by atoms with Gasteiger partial charge in [-0.25, -0.2) is 9.59 Å². The second-order valence-electron chi connectivity index (χ2n) is 5.56. The largest absolute Gasteiger partial charge is 0.459 e. The van der Waals surface area contributed by atoms with Crippen LogP contribution in [0.15, 0.2) is 30.3 Å². The number of carbonyl (C=O) groups excluding carboxylic acids is 2. The van der Waals surface area contributed by atoms with Crippen molar-refractivity contribution in [2.24, 2.45) is 5.92 Å². The van der Waals surface area contributed by atoms with Crippen LogP contribution in [0, 0.1) is 5.92 Å². The lowest BCUT2D eigenvalue weighted by Crippen LogP contribution is -2.47. The molecule has 5 nitrogen and oxygen atoms in total. The first kappa shape index (κ1) is 15.4. The molecule has 1 aliphatic rings. The minimum Gasteiger partial charge on any atom is -0.459 e. The normalized spacial score (nSPS) is 19.5. The molecule has 0 radical (unpaired) electrons. The standard InChI is InChI=1S/C16H21NO4/c1-11(2)14-10-21-16(19)17(14)12(3)15(18)20-9-13-7-5-4-6-8-13/h4-8,11-12,14H,9-10H2,1-3H3/t12?,14-/m0/s1. The van der Waals surface area contributed by atoms with Gasteiger partial charge in [-0.1, -0.05) is 44.2 Å². The molecule has 2 atom stereocenters. The molecule has 0 aromatic heterocycles. The van der Waals surface area contributed by atoms with Crippen molar-refractivity contribution >= 4 is 12.1 Å². The molecule has 1 amide bonds. The van der Waals surface area contributed by atoms with Crippen LogP contribution in [0.1, 0.15) is 26.3 Å². The van der Waals surface area contributed by atoms with Gasteiger partial charge >= 0.3 is 12.1 Å². The van der Waals surface area contributed by atoms with Crippen LogP contribution in [-0.2, 0) is 20.9 Å². The minimum atomic E-state index is -0.642. The fourth-order valence-corrected chi connectivity index (χ4v) is 2.37. The third kappa shape index (κ3) is 3.54. The van der Waals surface area contributed by atoms with Crippen LogP contribution in [-0.4, -0.2) is 35.7 Å². The predicted octanol–water partition coefficient (Wildman–Crippen LogP) is 2.60. The molecular formula is C16H21NO4. The van der Waals surface area contributed by atoms with Gasteiger partial charge in [-0.3, -0.25) is 4.90 Å². The van der Waals surface area contributed by atoms with Crippen LogP contribution in [0.2, 0.25) is 0 Å². The van der Waals surface area contributed by atoms with Crippen LogP contribution >= 0.6 is 0 Å². The van der Waals surface area contributed by atoms with Gasteiger partial charge in [0, 0.05) is 0 Å². The number of ether oxygens (including phenoxy) is 2. The highest BCUT2D eigenvalue weighted by atomic mass is 16.6. The van der Waals surface area contributed by atoms with E-state index in [-0.39, 0.29) is 18.6 Å². The molecule has 0 spiro atoms. The van der Waals surface area contributed by atoms with Gasteiger partial charge in [0.1, 0.15) is 19.3 Å². The average Bonchev–Trinajstić information content (AvgIpc) is 2.87. The van der Waals surface area contributed by atoms with E-state index in [1.165, 1.54) is 4.90 Å². The van der Waals surface area contributed by atoms with Crippen LogP contribution < -0.4 is 0 Å². The molecule has 1 saturated heterocycles. The van der Waals surface area contributed by atoms with Crippen LogP contribution in [0.4, 0.5) is 4.79 Å². The van der Waals surface area contributed by atoms with Crippen molar-refractivity contribution in [3.05, 3.63) is 35.9 Å². The molecule has 0 N–H and O–H groups in total. The molecule has 2 rings (SSSR count). The van der Waals surface area contributed by atoms with E-state index in [0.717, 1.165) is 5.56 Å². The van der Waals surface area contributed by atoms with E-state index in [1.807, 2.05) is 44.2 Å². The Labute approximate surface area is 124 Å². The molecule has 5 heteroatoms. The zero-order valence-electron chi connectivity index (χ0n) is 12.6. The highest BCUT2D eigenvalue weighted by Crippen LogP contribution is 2.22. The third-order valence-corrected chi connectivity index (χ3v) is 3.70. The molecule has 1 heterocycles.